The summed E-state index contributed by atoms with van der Waals surface area (Å²) in [6.45, 7) is 15.9. The first-order valence-corrected chi connectivity index (χ1v) is 10.3. The van der Waals surface area contributed by atoms with E-state index in [4.69, 9.17) is 14.2 Å². The Morgan fingerprint density at radius 2 is 1.79 bits per heavy atom. The minimum Gasteiger partial charge on any atom is -0.457 e. The minimum absolute atomic E-state index is 0.0231. The van der Waals surface area contributed by atoms with Crippen molar-refractivity contribution in [2.75, 3.05) is 0 Å². The van der Waals surface area contributed by atoms with Crippen LogP contribution in [0.4, 0.5) is 0 Å². The molecule has 0 aromatic heterocycles. The van der Waals surface area contributed by atoms with Crippen molar-refractivity contribution in [1.82, 2.24) is 0 Å². The van der Waals surface area contributed by atoms with E-state index in [1.54, 1.807) is 0 Å². The zero-order valence-corrected chi connectivity index (χ0v) is 18.4. The summed E-state index contributed by atoms with van der Waals surface area (Å²) >= 11 is 0. The molecule has 6 atom stereocenters. The second-order valence-electron chi connectivity index (χ2n) is 9.77. The standard InChI is InChI=1S/C23H34O5/c1-13(2)21(6)9-10-22(7)20(28-22)23(21,8)19-17(26-15(4)24)11-14(3)12-18(19)27-16(5)25/h11-13,17,19-20H,9-10H2,1-8H3/t17?,19?,20?,21-,22?,23-/m1/s1. The lowest BCUT2D eigenvalue weighted by molar-refractivity contribution is -0.158. The first-order chi connectivity index (χ1) is 12.8. The molecule has 0 amide bonds. The molecule has 3 aliphatic rings. The zero-order chi connectivity index (χ0) is 21.1. The van der Waals surface area contributed by atoms with Crippen molar-refractivity contribution in [2.45, 2.75) is 86.0 Å². The fourth-order valence-electron chi connectivity index (χ4n) is 5.76. The van der Waals surface area contributed by atoms with Gasteiger partial charge in [0.1, 0.15) is 11.9 Å². The van der Waals surface area contributed by atoms with Crippen molar-refractivity contribution >= 4 is 11.9 Å². The molecule has 3 rings (SSSR count). The van der Waals surface area contributed by atoms with Gasteiger partial charge in [0.15, 0.2) is 0 Å². The third-order valence-electron chi connectivity index (χ3n) is 7.72. The van der Waals surface area contributed by atoms with Gasteiger partial charge in [-0.3, -0.25) is 9.59 Å². The van der Waals surface area contributed by atoms with Crippen molar-refractivity contribution in [1.29, 1.82) is 0 Å². The van der Waals surface area contributed by atoms with Crippen LogP contribution in [0.3, 0.4) is 0 Å². The molecule has 4 unspecified atom stereocenters. The molecule has 1 saturated carbocycles. The molecule has 0 N–H and O–H groups in total. The molecule has 2 fully saturated rings. The average Bonchev–Trinajstić information content (AvgIpc) is 3.23. The van der Waals surface area contributed by atoms with Gasteiger partial charge in [-0.05, 0) is 55.7 Å². The number of ether oxygens (including phenoxy) is 3. The fraction of sp³-hybridized carbons (Fsp3) is 0.739. The Kier molecular flexibility index (Phi) is 5.06. The number of hydrogen-bond donors (Lipinski definition) is 0. The second kappa shape index (κ2) is 6.72. The van der Waals surface area contributed by atoms with Crippen LogP contribution in [0.2, 0.25) is 0 Å². The molecule has 2 aliphatic carbocycles. The van der Waals surface area contributed by atoms with Gasteiger partial charge in [0, 0.05) is 19.3 Å². The third kappa shape index (κ3) is 3.12. The van der Waals surface area contributed by atoms with Gasteiger partial charge in [-0.15, -0.1) is 0 Å². The van der Waals surface area contributed by atoms with Crippen LogP contribution in [-0.2, 0) is 23.8 Å². The van der Waals surface area contributed by atoms with Crippen LogP contribution < -0.4 is 0 Å². The van der Waals surface area contributed by atoms with Crippen LogP contribution in [0.25, 0.3) is 0 Å². The van der Waals surface area contributed by atoms with E-state index < -0.39 is 6.10 Å². The second-order valence-corrected chi connectivity index (χ2v) is 9.77. The molecule has 0 spiro atoms. The Balaban J connectivity index is 2.16. The van der Waals surface area contributed by atoms with Crippen LogP contribution in [0.15, 0.2) is 23.5 Å². The van der Waals surface area contributed by atoms with Gasteiger partial charge in [-0.25, -0.2) is 0 Å². The Labute approximate surface area is 168 Å². The minimum atomic E-state index is -0.494. The van der Waals surface area contributed by atoms with Gasteiger partial charge < -0.3 is 14.2 Å². The van der Waals surface area contributed by atoms with E-state index in [1.807, 2.05) is 19.1 Å². The largest absolute Gasteiger partial charge is 0.457 e. The van der Waals surface area contributed by atoms with E-state index in [9.17, 15) is 9.59 Å². The molecular weight excluding hydrogens is 356 g/mol. The lowest BCUT2D eigenvalue weighted by atomic mass is 9.46. The molecule has 156 valence electrons. The molecule has 1 heterocycles. The number of carbonyl (C=O) groups is 2. The van der Waals surface area contributed by atoms with Gasteiger partial charge in [0.2, 0.25) is 0 Å². The van der Waals surface area contributed by atoms with E-state index in [0.29, 0.717) is 11.7 Å². The summed E-state index contributed by atoms with van der Waals surface area (Å²) in [4.78, 5) is 23.8. The fourth-order valence-corrected chi connectivity index (χ4v) is 5.76. The molecule has 1 aliphatic heterocycles. The maximum absolute atomic E-state index is 11.9. The summed E-state index contributed by atoms with van der Waals surface area (Å²) in [6.07, 6.45) is 5.43. The van der Waals surface area contributed by atoms with Crippen molar-refractivity contribution < 1.29 is 23.8 Å². The highest BCUT2D eigenvalue weighted by Crippen LogP contribution is 2.70. The van der Waals surface area contributed by atoms with Gasteiger partial charge in [0.25, 0.3) is 0 Å². The van der Waals surface area contributed by atoms with E-state index in [2.05, 4.69) is 34.6 Å². The molecule has 0 radical (unpaired) electrons. The molecule has 5 heteroatoms. The normalized spacial score (nSPS) is 42.2. The third-order valence-corrected chi connectivity index (χ3v) is 7.72. The van der Waals surface area contributed by atoms with Crippen molar-refractivity contribution in [3.8, 4) is 0 Å². The monoisotopic (exact) mass is 390 g/mol. The lowest BCUT2D eigenvalue weighted by Crippen LogP contribution is -2.58. The highest BCUT2D eigenvalue weighted by atomic mass is 16.6. The van der Waals surface area contributed by atoms with Gasteiger partial charge in [0.05, 0.1) is 17.6 Å². The van der Waals surface area contributed by atoms with Crippen LogP contribution in [0.5, 0.6) is 0 Å². The Morgan fingerprint density at radius 1 is 1.14 bits per heavy atom. The average molecular weight is 391 g/mol. The van der Waals surface area contributed by atoms with Crippen LogP contribution in [-0.4, -0.2) is 29.7 Å². The summed E-state index contributed by atoms with van der Waals surface area (Å²) in [5, 5.41) is 0. The van der Waals surface area contributed by atoms with Crippen molar-refractivity contribution in [3.05, 3.63) is 23.5 Å². The molecule has 0 aromatic rings. The number of epoxide rings is 1. The van der Waals surface area contributed by atoms with E-state index in [0.717, 1.165) is 18.4 Å². The number of hydrogen-bond acceptors (Lipinski definition) is 5. The summed E-state index contributed by atoms with van der Waals surface area (Å²) in [5.74, 6) is -0.0304. The van der Waals surface area contributed by atoms with Crippen LogP contribution in [0.1, 0.15) is 68.2 Å². The Hall–Kier alpha value is -1.62. The molecule has 5 nitrogen and oxygen atoms in total. The first kappa shape index (κ1) is 21.1. The molecule has 28 heavy (non-hydrogen) atoms. The van der Waals surface area contributed by atoms with Gasteiger partial charge >= 0.3 is 11.9 Å². The van der Waals surface area contributed by atoms with Crippen LogP contribution >= 0.6 is 0 Å². The Morgan fingerprint density at radius 3 is 2.32 bits per heavy atom. The summed E-state index contributed by atoms with van der Waals surface area (Å²) in [6, 6.07) is 0. The van der Waals surface area contributed by atoms with Crippen molar-refractivity contribution in [2.24, 2.45) is 22.7 Å². The number of fused-ring (bicyclic) bond motifs is 1. The quantitative estimate of drug-likeness (QED) is 0.520. The van der Waals surface area contributed by atoms with Gasteiger partial charge in [-0.2, -0.15) is 0 Å². The van der Waals surface area contributed by atoms with Crippen molar-refractivity contribution in [3.63, 3.8) is 0 Å². The smallest absolute Gasteiger partial charge is 0.307 e. The predicted octanol–water partition coefficient (Wildman–Crippen LogP) is 4.56. The summed E-state index contributed by atoms with van der Waals surface area (Å²) in [7, 11) is 0. The number of rotatable bonds is 4. The number of esters is 2. The highest BCUT2D eigenvalue weighted by molar-refractivity contribution is 5.68. The molecular formula is C23H34O5. The van der Waals surface area contributed by atoms with Gasteiger partial charge in [-0.1, -0.05) is 27.7 Å². The predicted molar refractivity (Wildman–Crippen MR) is 106 cm³/mol. The maximum Gasteiger partial charge on any atom is 0.307 e. The molecule has 0 bridgehead atoms. The highest BCUT2D eigenvalue weighted by Gasteiger charge is 2.74. The first-order valence-electron chi connectivity index (χ1n) is 10.3. The van der Waals surface area contributed by atoms with E-state index >= 15 is 0 Å². The summed E-state index contributed by atoms with van der Waals surface area (Å²) in [5.41, 5.74) is 0.312. The zero-order valence-electron chi connectivity index (χ0n) is 18.4. The summed E-state index contributed by atoms with van der Waals surface area (Å²) < 4.78 is 17.8. The maximum atomic E-state index is 11.9. The topological polar surface area (TPSA) is 65.1 Å². The lowest BCUT2D eigenvalue weighted by Gasteiger charge is -2.57. The SMILES string of the molecule is CC(=O)OC1=CC(C)=CC(OC(C)=O)C1[C@]1(C)C2OC2(C)CC[C@]1(C)C(C)C. The van der Waals surface area contributed by atoms with E-state index in [-0.39, 0.29) is 40.4 Å². The molecule has 1 saturated heterocycles. The van der Waals surface area contributed by atoms with Crippen LogP contribution in [0, 0.1) is 22.7 Å². The number of allylic oxidation sites excluding steroid dienone is 2. The van der Waals surface area contributed by atoms with E-state index in [1.165, 1.54) is 13.8 Å². The molecule has 0 aromatic carbocycles. The Bertz CT molecular complexity index is 750. The number of carbonyl (C=O) groups excluding carboxylic acids is 2.